The van der Waals surface area contributed by atoms with Crippen molar-refractivity contribution in [3.05, 3.63) is 34.8 Å². The minimum atomic E-state index is 0.291. The van der Waals surface area contributed by atoms with E-state index in [0.29, 0.717) is 25.1 Å². The van der Waals surface area contributed by atoms with Gasteiger partial charge in [-0.25, -0.2) is 4.98 Å². The van der Waals surface area contributed by atoms with Crippen LogP contribution in [0.2, 0.25) is 0 Å². The van der Waals surface area contributed by atoms with Gasteiger partial charge in [-0.15, -0.1) is 0 Å². The van der Waals surface area contributed by atoms with Gasteiger partial charge in [-0.2, -0.15) is 0 Å². The molecule has 0 fully saturated rings. The van der Waals surface area contributed by atoms with Gasteiger partial charge >= 0.3 is 0 Å². The molecule has 0 radical (unpaired) electrons. The summed E-state index contributed by atoms with van der Waals surface area (Å²) in [5.41, 5.74) is 6.60. The van der Waals surface area contributed by atoms with Crippen LogP contribution in [0.3, 0.4) is 0 Å². The van der Waals surface area contributed by atoms with E-state index < -0.39 is 0 Å². The van der Waals surface area contributed by atoms with Crippen LogP contribution in [0.15, 0.2) is 24.4 Å². The second kappa shape index (κ2) is 4.83. The zero-order valence-corrected chi connectivity index (χ0v) is 10.4. The van der Waals surface area contributed by atoms with Crippen molar-refractivity contribution in [3.8, 4) is 11.5 Å². The summed E-state index contributed by atoms with van der Waals surface area (Å²) in [6.45, 7) is 1.33. The number of hydrogen-bond donors (Lipinski definition) is 1. The largest absolute Gasteiger partial charge is 0.454 e. The Labute approximate surface area is 108 Å². The summed E-state index contributed by atoms with van der Waals surface area (Å²) in [6, 6.07) is 5.80. The highest BCUT2D eigenvalue weighted by atomic mass is 32.1. The minimum absolute atomic E-state index is 0.291. The number of thiazole rings is 1. The number of rotatable bonds is 4. The second-order valence-electron chi connectivity index (χ2n) is 3.85. The first-order chi connectivity index (χ1) is 8.81. The third-order valence-electron chi connectivity index (χ3n) is 2.52. The van der Waals surface area contributed by atoms with E-state index in [1.54, 1.807) is 6.20 Å². The fourth-order valence-electron chi connectivity index (χ4n) is 1.69. The molecule has 1 aliphatic heterocycles. The lowest BCUT2D eigenvalue weighted by Gasteiger charge is -2.03. The number of fused-ring (bicyclic) bond motifs is 1. The van der Waals surface area contributed by atoms with E-state index in [2.05, 4.69) is 4.98 Å². The van der Waals surface area contributed by atoms with Crippen molar-refractivity contribution in [1.29, 1.82) is 0 Å². The Morgan fingerprint density at radius 2 is 2.17 bits per heavy atom. The highest BCUT2D eigenvalue weighted by Crippen LogP contribution is 2.32. The molecule has 2 N–H and O–H groups in total. The van der Waals surface area contributed by atoms with Gasteiger partial charge in [0, 0.05) is 6.20 Å². The normalized spacial score (nSPS) is 12.9. The Bertz CT molecular complexity index is 556. The lowest BCUT2D eigenvalue weighted by atomic mass is 10.2. The molecule has 1 aromatic carbocycles. The van der Waals surface area contributed by atoms with Crippen LogP contribution in [0.5, 0.6) is 11.5 Å². The molecular weight excluding hydrogens is 252 g/mol. The zero-order valence-electron chi connectivity index (χ0n) is 9.59. The van der Waals surface area contributed by atoms with Gasteiger partial charge in [0.25, 0.3) is 0 Å². The molecule has 94 valence electrons. The average Bonchev–Trinajstić information content (AvgIpc) is 2.97. The van der Waals surface area contributed by atoms with Gasteiger partial charge in [0.15, 0.2) is 16.6 Å². The molecule has 0 spiro atoms. The molecule has 6 heteroatoms. The SMILES string of the molecule is Nc1ncc(COCc2ccc3c(c2)OCO3)s1. The van der Waals surface area contributed by atoms with E-state index in [-0.39, 0.29) is 0 Å². The van der Waals surface area contributed by atoms with E-state index in [1.165, 1.54) is 11.3 Å². The number of aromatic nitrogens is 1. The molecule has 18 heavy (non-hydrogen) atoms. The molecule has 0 saturated carbocycles. The summed E-state index contributed by atoms with van der Waals surface area (Å²) < 4.78 is 16.1. The van der Waals surface area contributed by atoms with Gasteiger partial charge in [-0.05, 0) is 17.7 Å². The van der Waals surface area contributed by atoms with Crippen molar-refractivity contribution < 1.29 is 14.2 Å². The Morgan fingerprint density at radius 1 is 1.28 bits per heavy atom. The highest BCUT2D eigenvalue weighted by molar-refractivity contribution is 7.15. The lowest BCUT2D eigenvalue weighted by Crippen LogP contribution is -1.93. The Morgan fingerprint density at radius 3 is 3.00 bits per heavy atom. The Balaban J connectivity index is 1.57. The highest BCUT2D eigenvalue weighted by Gasteiger charge is 2.13. The van der Waals surface area contributed by atoms with Gasteiger partial charge in [0.2, 0.25) is 6.79 Å². The quantitative estimate of drug-likeness (QED) is 0.916. The van der Waals surface area contributed by atoms with E-state index >= 15 is 0 Å². The molecule has 0 amide bonds. The molecule has 2 aromatic rings. The third-order valence-corrected chi connectivity index (χ3v) is 3.32. The zero-order chi connectivity index (χ0) is 12.4. The van der Waals surface area contributed by atoms with Crippen molar-refractivity contribution in [3.63, 3.8) is 0 Å². The molecule has 0 aliphatic carbocycles. The summed E-state index contributed by atoms with van der Waals surface area (Å²) in [6.07, 6.45) is 1.74. The number of hydrogen-bond acceptors (Lipinski definition) is 6. The van der Waals surface area contributed by atoms with Crippen LogP contribution in [-0.2, 0) is 18.0 Å². The van der Waals surface area contributed by atoms with Gasteiger partial charge < -0.3 is 19.9 Å². The van der Waals surface area contributed by atoms with Crippen molar-refractivity contribution in [2.24, 2.45) is 0 Å². The van der Waals surface area contributed by atoms with E-state index in [4.69, 9.17) is 19.9 Å². The predicted octanol–water partition coefficient (Wildman–Crippen LogP) is 2.17. The molecule has 1 aromatic heterocycles. The molecule has 0 atom stereocenters. The molecule has 0 unspecified atom stereocenters. The topological polar surface area (TPSA) is 66.6 Å². The van der Waals surface area contributed by atoms with Crippen molar-refractivity contribution in [2.45, 2.75) is 13.2 Å². The summed E-state index contributed by atoms with van der Waals surface area (Å²) >= 11 is 1.44. The molecule has 2 heterocycles. The Kier molecular flexibility index (Phi) is 3.04. The number of nitrogens with zero attached hydrogens (tertiary/aromatic N) is 1. The van der Waals surface area contributed by atoms with Crippen molar-refractivity contribution in [2.75, 3.05) is 12.5 Å². The van der Waals surface area contributed by atoms with Gasteiger partial charge in [-0.1, -0.05) is 17.4 Å². The molecular formula is C12H12N2O3S. The van der Waals surface area contributed by atoms with Gasteiger partial charge in [0.1, 0.15) is 0 Å². The molecule has 5 nitrogen and oxygen atoms in total. The number of ether oxygens (including phenoxy) is 3. The Hall–Kier alpha value is -1.79. The summed E-state index contributed by atoms with van der Waals surface area (Å²) in [5.74, 6) is 1.56. The van der Waals surface area contributed by atoms with Crippen LogP contribution in [0, 0.1) is 0 Å². The van der Waals surface area contributed by atoms with E-state index in [1.807, 2.05) is 18.2 Å². The minimum Gasteiger partial charge on any atom is -0.454 e. The van der Waals surface area contributed by atoms with Crippen LogP contribution in [0.4, 0.5) is 5.13 Å². The van der Waals surface area contributed by atoms with Crippen LogP contribution < -0.4 is 15.2 Å². The van der Waals surface area contributed by atoms with Crippen LogP contribution in [0.25, 0.3) is 0 Å². The number of benzene rings is 1. The standard InChI is InChI=1S/C12H12N2O3S/c13-12-14-4-9(18-12)6-15-5-8-1-2-10-11(3-8)17-7-16-10/h1-4H,5-7H2,(H2,13,14). The van der Waals surface area contributed by atoms with Crippen molar-refractivity contribution in [1.82, 2.24) is 4.98 Å². The summed E-state index contributed by atoms with van der Waals surface area (Å²) in [4.78, 5) is 4.99. The molecule has 1 aliphatic rings. The first kappa shape index (κ1) is 11.3. The van der Waals surface area contributed by atoms with E-state index in [9.17, 15) is 0 Å². The monoisotopic (exact) mass is 264 g/mol. The smallest absolute Gasteiger partial charge is 0.231 e. The van der Waals surface area contributed by atoms with Crippen molar-refractivity contribution >= 4 is 16.5 Å². The molecule has 3 rings (SSSR count). The van der Waals surface area contributed by atoms with Gasteiger partial charge in [-0.3, -0.25) is 0 Å². The summed E-state index contributed by atoms with van der Waals surface area (Å²) in [7, 11) is 0. The predicted molar refractivity (Wildman–Crippen MR) is 67.6 cm³/mol. The molecule has 0 saturated heterocycles. The summed E-state index contributed by atoms with van der Waals surface area (Å²) in [5, 5.41) is 0.566. The average molecular weight is 264 g/mol. The third kappa shape index (κ3) is 2.39. The first-order valence-corrected chi connectivity index (χ1v) is 6.29. The van der Waals surface area contributed by atoms with Crippen LogP contribution >= 0.6 is 11.3 Å². The number of nitrogens with two attached hydrogens (primary N) is 1. The van der Waals surface area contributed by atoms with Gasteiger partial charge in [0.05, 0.1) is 18.1 Å². The number of nitrogen functional groups attached to an aromatic ring is 1. The molecule has 0 bridgehead atoms. The fourth-order valence-corrected chi connectivity index (χ4v) is 2.31. The van der Waals surface area contributed by atoms with Crippen LogP contribution in [-0.4, -0.2) is 11.8 Å². The maximum absolute atomic E-state index is 5.60. The van der Waals surface area contributed by atoms with Crippen LogP contribution in [0.1, 0.15) is 10.4 Å². The first-order valence-electron chi connectivity index (χ1n) is 5.48. The second-order valence-corrected chi connectivity index (χ2v) is 4.99. The van der Waals surface area contributed by atoms with E-state index in [0.717, 1.165) is 21.9 Å². The lowest BCUT2D eigenvalue weighted by molar-refractivity contribution is 0.109. The fraction of sp³-hybridized carbons (Fsp3) is 0.250. The maximum atomic E-state index is 5.60. The maximum Gasteiger partial charge on any atom is 0.231 e. The number of anilines is 1.